The largest absolute Gasteiger partial charge is 0.493 e. The molecule has 212 valence electrons. The molecular formula is C27H28F6N2O4. The molecule has 1 heterocycles. The molecule has 2 aromatic rings. The van der Waals surface area contributed by atoms with Gasteiger partial charge in [0.25, 0.3) is 0 Å². The Hall–Kier alpha value is -3.75. The van der Waals surface area contributed by atoms with Crippen LogP contribution in [0.1, 0.15) is 55.0 Å². The summed E-state index contributed by atoms with van der Waals surface area (Å²) in [4.78, 5) is 15.9. The van der Waals surface area contributed by atoms with E-state index in [0.717, 1.165) is 12.0 Å². The second-order valence-corrected chi connectivity index (χ2v) is 8.89. The van der Waals surface area contributed by atoms with Gasteiger partial charge in [0.15, 0.2) is 11.5 Å². The number of benzene rings is 2. The second-order valence-electron chi connectivity index (χ2n) is 8.89. The van der Waals surface area contributed by atoms with Crippen LogP contribution in [-0.2, 0) is 23.6 Å². The van der Waals surface area contributed by atoms with Crippen molar-refractivity contribution in [1.82, 2.24) is 4.90 Å². The summed E-state index contributed by atoms with van der Waals surface area (Å²) in [5.41, 5.74) is -2.22. The molecule has 1 unspecified atom stereocenters. The highest BCUT2D eigenvalue weighted by atomic mass is 19.4. The number of anilines is 1. The fourth-order valence-electron chi connectivity index (χ4n) is 4.51. The third-order valence-corrected chi connectivity index (χ3v) is 6.32. The number of rotatable bonds is 5. The molecule has 0 aliphatic carbocycles. The van der Waals surface area contributed by atoms with Gasteiger partial charge in [-0.3, -0.25) is 9.80 Å². The third kappa shape index (κ3) is 6.46. The monoisotopic (exact) mass is 558 g/mol. The van der Waals surface area contributed by atoms with Crippen LogP contribution >= 0.6 is 0 Å². The second kappa shape index (κ2) is 11.6. The molecule has 0 aromatic heterocycles. The maximum Gasteiger partial charge on any atom is 0.416 e. The normalized spacial score (nSPS) is 17.1. The molecule has 3 rings (SSSR count). The average Bonchev–Trinajstić information content (AvgIpc) is 2.88. The van der Waals surface area contributed by atoms with E-state index < -0.39 is 42.2 Å². The highest BCUT2D eigenvalue weighted by molar-refractivity contribution is 5.72. The fraction of sp³-hybridized carbons (Fsp3) is 0.444. The predicted molar refractivity (Wildman–Crippen MR) is 131 cm³/mol. The van der Waals surface area contributed by atoms with Crippen LogP contribution in [0.15, 0.2) is 30.3 Å². The number of ether oxygens (including phenoxy) is 3. The molecule has 2 aromatic carbocycles. The van der Waals surface area contributed by atoms with E-state index in [4.69, 9.17) is 14.2 Å². The molecule has 0 bridgehead atoms. The summed E-state index contributed by atoms with van der Waals surface area (Å²) in [6, 6.07) is 6.52. The highest BCUT2D eigenvalue weighted by Crippen LogP contribution is 2.46. The van der Waals surface area contributed by atoms with E-state index in [-0.39, 0.29) is 24.1 Å². The van der Waals surface area contributed by atoms with Gasteiger partial charge in [-0.1, -0.05) is 12.8 Å². The van der Waals surface area contributed by atoms with Crippen LogP contribution in [0.25, 0.3) is 0 Å². The van der Waals surface area contributed by atoms with Crippen LogP contribution in [0.3, 0.4) is 0 Å². The van der Waals surface area contributed by atoms with Crippen LogP contribution < -0.4 is 14.4 Å². The van der Waals surface area contributed by atoms with Crippen molar-refractivity contribution in [2.24, 2.45) is 0 Å². The zero-order chi connectivity index (χ0) is 29.1. The Balaban J connectivity index is 2.20. The minimum absolute atomic E-state index is 0.0470. The lowest BCUT2D eigenvalue weighted by Crippen LogP contribution is -2.43. The Morgan fingerprint density at radius 3 is 2.03 bits per heavy atom. The van der Waals surface area contributed by atoms with E-state index in [1.165, 1.54) is 14.2 Å². The van der Waals surface area contributed by atoms with Gasteiger partial charge in [-0.2, -0.15) is 26.3 Å². The van der Waals surface area contributed by atoms with Crippen molar-refractivity contribution in [3.05, 3.63) is 52.6 Å². The number of carbonyl (C=O) groups is 1. The van der Waals surface area contributed by atoms with Crippen LogP contribution in [0.4, 0.5) is 36.8 Å². The van der Waals surface area contributed by atoms with Crippen LogP contribution in [0, 0.1) is 12.0 Å². The van der Waals surface area contributed by atoms with Crippen molar-refractivity contribution >= 4 is 11.8 Å². The first kappa shape index (κ1) is 29.8. The first-order chi connectivity index (χ1) is 18.2. The molecule has 0 fully saturated rings. The fourth-order valence-corrected chi connectivity index (χ4v) is 4.51. The van der Waals surface area contributed by atoms with Crippen molar-refractivity contribution < 1.29 is 45.3 Å². The number of hydrogen-bond donors (Lipinski definition) is 0. The zero-order valence-corrected chi connectivity index (χ0v) is 22.0. The summed E-state index contributed by atoms with van der Waals surface area (Å²) >= 11 is 0. The number of methoxy groups -OCH3 is 3. The van der Waals surface area contributed by atoms with E-state index in [2.05, 4.69) is 12.0 Å². The van der Waals surface area contributed by atoms with Crippen LogP contribution in [0.2, 0.25) is 0 Å². The molecule has 1 aliphatic rings. The lowest BCUT2D eigenvalue weighted by molar-refractivity contribution is -0.143. The van der Waals surface area contributed by atoms with Gasteiger partial charge in [0.2, 0.25) is 0 Å². The summed E-state index contributed by atoms with van der Waals surface area (Å²) in [5.74, 6) is 3.70. The SMILES string of the molecule is CCC#CN1c2cc(OC)c(OC)cc2C(N(Cc2cc(C(F)(F)F)cc(C(F)(F)F)c2)C(=O)OC)C[C@H]1C. The molecule has 2 atom stereocenters. The Labute approximate surface area is 222 Å². The quantitative estimate of drug-likeness (QED) is 0.292. The molecule has 12 heteroatoms. The maximum absolute atomic E-state index is 13.5. The molecule has 0 radical (unpaired) electrons. The Kier molecular flexibility index (Phi) is 8.83. The molecule has 0 saturated carbocycles. The topological polar surface area (TPSA) is 51.2 Å². The van der Waals surface area contributed by atoms with E-state index in [1.54, 1.807) is 17.0 Å². The molecule has 6 nitrogen and oxygen atoms in total. The van der Waals surface area contributed by atoms with Gasteiger partial charge in [0.05, 0.1) is 44.2 Å². The van der Waals surface area contributed by atoms with Crippen molar-refractivity contribution in [2.75, 3.05) is 26.2 Å². The Morgan fingerprint density at radius 1 is 0.974 bits per heavy atom. The zero-order valence-electron chi connectivity index (χ0n) is 22.0. The van der Waals surface area contributed by atoms with Gasteiger partial charge in [-0.05, 0) is 43.2 Å². The minimum Gasteiger partial charge on any atom is -0.493 e. The number of nitrogens with zero attached hydrogens (tertiary/aromatic N) is 2. The molecule has 1 aliphatic heterocycles. The first-order valence-electron chi connectivity index (χ1n) is 11.9. The first-order valence-corrected chi connectivity index (χ1v) is 11.9. The van der Waals surface area contributed by atoms with Gasteiger partial charge in [0.1, 0.15) is 0 Å². The molecule has 0 spiro atoms. The molecule has 39 heavy (non-hydrogen) atoms. The van der Waals surface area contributed by atoms with Crippen molar-refractivity contribution in [1.29, 1.82) is 0 Å². The smallest absolute Gasteiger partial charge is 0.416 e. The van der Waals surface area contributed by atoms with Crippen LogP contribution in [-0.4, -0.2) is 38.4 Å². The molecule has 0 N–H and O–H groups in total. The Morgan fingerprint density at radius 2 is 1.54 bits per heavy atom. The lowest BCUT2D eigenvalue weighted by Gasteiger charge is -2.42. The number of halogens is 6. The number of fused-ring (bicyclic) bond motifs is 1. The summed E-state index contributed by atoms with van der Waals surface area (Å²) in [6.07, 6.45) is -10.2. The number of amides is 1. The Bertz CT molecular complexity index is 1230. The van der Waals surface area contributed by atoms with Crippen molar-refractivity contribution in [2.45, 2.75) is 57.7 Å². The van der Waals surface area contributed by atoms with Gasteiger partial charge in [-0.25, -0.2) is 4.79 Å². The third-order valence-electron chi connectivity index (χ3n) is 6.32. The molecule has 1 amide bonds. The van der Waals surface area contributed by atoms with Crippen molar-refractivity contribution in [3.8, 4) is 23.5 Å². The van der Waals surface area contributed by atoms with Gasteiger partial charge < -0.3 is 14.2 Å². The van der Waals surface area contributed by atoms with E-state index in [1.807, 2.05) is 13.8 Å². The van der Waals surface area contributed by atoms with E-state index in [9.17, 15) is 31.1 Å². The summed E-state index contributed by atoms with van der Waals surface area (Å²) < 4.78 is 96.7. The summed E-state index contributed by atoms with van der Waals surface area (Å²) in [7, 11) is 3.95. The minimum atomic E-state index is -5.03. The summed E-state index contributed by atoms with van der Waals surface area (Å²) in [6.45, 7) is 3.15. The van der Waals surface area contributed by atoms with Gasteiger partial charge in [0, 0.05) is 36.7 Å². The maximum atomic E-state index is 13.5. The van der Waals surface area contributed by atoms with E-state index >= 15 is 0 Å². The highest BCUT2D eigenvalue weighted by Gasteiger charge is 2.40. The van der Waals surface area contributed by atoms with Gasteiger partial charge >= 0.3 is 18.4 Å². The number of alkyl halides is 6. The molecule has 0 saturated heterocycles. The predicted octanol–water partition coefficient (Wildman–Crippen LogP) is 7.02. The van der Waals surface area contributed by atoms with Gasteiger partial charge in [-0.15, -0.1) is 0 Å². The van der Waals surface area contributed by atoms with Crippen molar-refractivity contribution in [3.63, 3.8) is 0 Å². The van der Waals surface area contributed by atoms with Crippen LogP contribution in [0.5, 0.6) is 11.5 Å². The summed E-state index contributed by atoms with van der Waals surface area (Å²) in [5, 5.41) is 0. The molecular weight excluding hydrogens is 530 g/mol. The van der Waals surface area contributed by atoms with E-state index in [0.29, 0.717) is 41.3 Å². The number of hydrogen-bond acceptors (Lipinski definition) is 5. The lowest BCUT2D eigenvalue weighted by atomic mass is 9.90. The number of carbonyl (C=O) groups excluding carboxylic acids is 1. The average molecular weight is 559 g/mol. The standard InChI is InChI=1S/C27H28F6N2O4/c1-6-7-8-34-16(2)9-21(20-13-23(37-3)24(38-4)14-22(20)34)35(25(36)39-5)15-17-10-18(26(28,29)30)12-19(11-17)27(31,32)33/h10-14,16,21H,6,9,15H2,1-5H3/t16-,21?/m1/s1.